The summed E-state index contributed by atoms with van der Waals surface area (Å²) < 4.78 is 34.8. The van der Waals surface area contributed by atoms with Crippen LogP contribution in [0, 0.1) is 0 Å². The molecular formula is C46H41N5O4S2. The van der Waals surface area contributed by atoms with Gasteiger partial charge in [0.2, 0.25) is 0 Å². The van der Waals surface area contributed by atoms with Gasteiger partial charge in [0.25, 0.3) is 0 Å². The molecule has 11 heteroatoms. The van der Waals surface area contributed by atoms with E-state index in [0.29, 0.717) is 9.90 Å². The molecule has 0 aliphatic heterocycles. The molecule has 0 fully saturated rings. The lowest BCUT2D eigenvalue weighted by Gasteiger charge is -2.36. The number of benzene rings is 4. The van der Waals surface area contributed by atoms with Crippen LogP contribution >= 0.6 is 11.3 Å². The van der Waals surface area contributed by atoms with Crippen LogP contribution < -0.4 is 4.90 Å². The number of anilines is 1. The van der Waals surface area contributed by atoms with Crippen molar-refractivity contribution in [2.24, 2.45) is 0 Å². The molecule has 0 N–H and O–H groups in total. The molecule has 4 aromatic carbocycles. The number of rotatable bonds is 9. The molecule has 4 aromatic heterocycles. The van der Waals surface area contributed by atoms with Gasteiger partial charge in [-0.25, -0.2) is 18.2 Å². The molecule has 0 saturated carbocycles. The molecule has 0 bridgehead atoms. The summed E-state index contributed by atoms with van der Waals surface area (Å²) in [5, 5.41) is 5.52. The van der Waals surface area contributed by atoms with E-state index in [0.717, 1.165) is 55.3 Å². The third-order valence-electron chi connectivity index (χ3n) is 9.84. The summed E-state index contributed by atoms with van der Waals surface area (Å²) in [6.07, 6.45) is 6.68. The van der Waals surface area contributed by atoms with Gasteiger partial charge in [-0.15, -0.1) is 11.3 Å². The Labute approximate surface area is 336 Å². The first-order chi connectivity index (χ1) is 27.3. The SMILES string of the molecule is CN(C(=O)OC(C)(C)C)c1ccc(-c2nn(C(c3ccccc3)(c3ccccc3)c3ccccc3)cc2-c2ccc3ncc(-c4ccc(S(C)(=O)=O)s4)n3c2)cc1. The highest BCUT2D eigenvalue weighted by molar-refractivity contribution is 7.92. The minimum absolute atomic E-state index is 0.298. The van der Waals surface area contributed by atoms with Gasteiger partial charge < -0.3 is 4.74 Å². The molecular weight excluding hydrogens is 751 g/mol. The van der Waals surface area contributed by atoms with Crippen LogP contribution in [0.3, 0.4) is 0 Å². The Kier molecular flexibility index (Phi) is 9.67. The number of pyridine rings is 1. The van der Waals surface area contributed by atoms with E-state index in [4.69, 9.17) is 9.84 Å². The van der Waals surface area contributed by atoms with Crippen molar-refractivity contribution in [2.45, 2.75) is 36.1 Å². The van der Waals surface area contributed by atoms with Gasteiger partial charge in [0.15, 0.2) is 9.84 Å². The average molecular weight is 792 g/mol. The monoisotopic (exact) mass is 791 g/mol. The number of carbonyl (C=O) groups is 1. The Morgan fingerprint density at radius 2 is 1.28 bits per heavy atom. The Morgan fingerprint density at radius 1 is 0.719 bits per heavy atom. The summed E-state index contributed by atoms with van der Waals surface area (Å²) in [6, 6.07) is 46.4. The van der Waals surface area contributed by atoms with Crippen LogP contribution in [0.2, 0.25) is 0 Å². The number of nitrogens with zero attached hydrogens (tertiary/aromatic N) is 5. The number of thiophene rings is 1. The minimum atomic E-state index is -3.37. The van der Waals surface area contributed by atoms with Crippen LogP contribution in [-0.2, 0) is 20.1 Å². The maximum atomic E-state index is 13.0. The fraction of sp³-hybridized carbons (Fsp3) is 0.152. The summed E-state index contributed by atoms with van der Waals surface area (Å²) in [4.78, 5) is 19.9. The van der Waals surface area contributed by atoms with E-state index >= 15 is 0 Å². The highest BCUT2D eigenvalue weighted by Gasteiger charge is 2.40. The Bertz CT molecular complexity index is 2710. The van der Waals surface area contributed by atoms with E-state index < -0.39 is 27.1 Å². The van der Waals surface area contributed by atoms with Crippen molar-refractivity contribution < 1.29 is 17.9 Å². The molecule has 8 rings (SSSR count). The summed E-state index contributed by atoms with van der Waals surface area (Å²) >= 11 is 1.22. The lowest BCUT2D eigenvalue weighted by Crippen LogP contribution is -2.38. The number of amides is 1. The van der Waals surface area contributed by atoms with Gasteiger partial charge in [-0.1, -0.05) is 103 Å². The van der Waals surface area contributed by atoms with E-state index in [9.17, 15) is 13.2 Å². The largest absolute Gasteiger partial charge is 0.443 e. The summed E-state index contributed by atoms with van der Waals surface area (Å²) in [6.45, 7) is 5.53. The average Bonchev–Trinajstić information content (AvgIpc) is 3.98. The molecule has 57 heavy (non-hydrogen) atoms. The van der Waals surface area contributed by atoms with Crippen molar-refractivity contribution in [3.05, 3.63) is 175 Å². The molecule has 286 valence electrons. The van der Waals surface area contributed by atoms with Crippen LogP contribution in [-0.4, -0.2) is 52.6 Å². The topological polar surface area (TPSA) is 98.8 Å². The molecule has 0 atom stereocenters. The maximum Gasteiger partial charge on any atom is 0.414 e. The predicted octanol–water partition coefficient (Wildman–Crippen LogP) is 10.2. The zero-order valence-electron chi connectivity index (χ0n) is 32.2. The fourth-order valence-electron chi connectivity index (χ4n) is 7.16. The van der Waals surface area contributed by atoms with Crippen molar-refractivity contribution in [1.29, 1.82) is 0 Å². The number of hydrogen-bond donors (Lipinski definition) is 0. The maximum absolute atomic E-state index is 13.0. The van der Waals surface area contributed by atoms with Crippen LogP contribution in [0.15, 0.2) is 162 Å². The van der Waals surface area contributed by atoms with Gasteiger partial charge in [0.05, 0.1) is 16.8 Å². The predicted molar refractivity (Wildman–Crippen MR) is 228 cm³/mol. The Balaban J connectivity index is 1.36. The first-order valence-electron chi connectivity index (χ1n) is 18.4. The van der Waals surface area contributed by atoms with Crippen molar-refractivity contribution >= 4 is 38.6 Å². The second kappa shape index (κ2) is 14.6. The van der Waals surface area contributed by atoms with E-state index in [-0.39, 0.29) is 0 Å². The zero-order valence-corrected chi connectivity index (χ0v) is 33.8. The fourth-order valence-corrected chi connectivity index (χ4v) is 9.10. The molecule has 0 unspecified atom stereocenters. The molecule has 0 saturated heterocycles. The third-order valence-corrected chi connectivity index (χ3v) is 12.8. The highest BCUT2D eigenvalue weighted by Crippen LogP contribution is 2.44. The quantitative estimate of drug-likeness (QED) is 0.135. The van der Waals surface area contributed by atoms with Gasteiger partial charge in [-0.05, 0) is 73.9 Å². The first-order valence-corrected chi connectivity index (χ1v) is 21.2. The number of aromatic nitrogens is 4. The first kappa shape index (κ1) is 37.6. The van der Waals surface area contributed by atoms with Crippen LogP contribution in [0.1, 0.15) is 37.5 Å². The number of sulfone groups is 1. The number of fused-ring (bicyclic) bond motifs is 1. The highest BCUT2D eigenvalue weighted by atomic mass is 32.2. The van der Waals surface area contributed by atoms with Gasteiger partial charge in [0, 0.05) is 48.1 Å². The molecule has 0 spiro atoms. The van der Waals surface area contributed by atoms with E-state index in [1.807, 2.05) is 92.0 Å². The van der Waals surface area contributed by atoms with Gasteiger partial charge in [-0.3, -0.25) is 14.0 Å². The standard InChI is InChI=1S/C46H41N5O4S2/c1-45(2,3)55-44(52)49(4)37-24-21-32(22-25-37)43-38(33-23-27-41-47-29-39(50(41)30-33)40-26-28-42(56-40)57(5,53)54)31-51(48-43)46(34-15-9-6-10-16-34,35-17-11-7-12-18-35)36-19-13-8-14-20-36/h6-31H,1-5H3. The number of carbonyl (C=O) groups excluding carboxylic acids is 1. The van der Waals surface area contributed by atoms with Crippen molar-refractivity contribution in [1.82, 2.24) is 19.2 Å². The second-order valence-electron chi connectivity index (χ2n) is 14.9. The molecule has 0 radical (unpaired) electrons. The third kappa shape index (κ3) is 7.16. The summed E-state index contributed by atoms with van der Waals surface area (Å²) in [5.41, 5.74) is 7.07. The minimum Gasteiger partial charge on any atom is -0.443 e. The summed E-state index contributed by atoms with van der Waals surface area (Å²) in [7, 11) is -1.67. The lowest BCUT2D eigenvalue weighted by molar-refractivity contribution is 0.0589. The Morgan fingerprint density at radius 3 is 1.81 bits per heavy atom. The smallest absolute Gasteiger partial charge is 0.414 e. The van der Waals surface area contributed by atoms with Crippen LogP contribution in [0.4, 0.5) is 10.5 Å². The van der Waals surface area contributed by atoms with Crippen molar-refractivity contribution in [3.63, 3.8) is 0 Å². The summed E-state index contributed by atoms with van der Waals surface area (Å²) in [5.74, 6) is 0. The molecule has 0 aliphatic rings. The molecule has 1 amide bonds. The molecule has 4 heterocycles. The van der Waals surface area contributed by atoms with Crippen molar-refractivity contribution in [2.75, 3.05) is 18.2 Å². The lowest BCUT2D eigenvalue weighted by atomic mass is 9.77. The zero-order chi connectivity index (χ0) is 40.0. The number of hydrogen-bond acceptors (Lipinski definition) is 7. The number of imidazole rings is 1. The normalized spacial score (nSPS) is 12.2. The van der Waals surface area contributed by atoms with E-state index in [2.05, 4.69) is 88.7 Å². The van der Waals surface area contributed by atoms with E-state index in [1.165, 1.54) is 22.5 Å². The van der Waals surface area contributed by atoms with Crippen LogP contribution in [0.25, 0.3) is 38.6 Å². The number of ether oxygens (including phenoxy) is 1. The van der Waals surface area contributed by atoms with Gasteiger partial charge >= 0.3 is 6.09 Å². The molecule has 8 aromatic rings. The van der Waals surface area contributed by atoms with Gasteiger partial charge in [0.1, 0.15) is 26.7 Å². The van der Waals surface area contributed by atoms with Crippen LogP contribution in [0.5, 0.6) is 0 Å². The van der Waals surface area contributed by atoms with E-state index in [1.54, 1.807) is 19.3 Å². The van der Waals surface area contributed by atoms with Crippen molar-refractivity contribution in [3.8, 4) is 33.0 Å². The molecule has 0 aliphatic carbocycles. The second-order valence-corrected chi connectivity index (χ2v) is 18.2. The molecule has 9 nitrogen and oxygen atoms in total. The van der Waals surface area contributed by atoms with Gasteiger partial charge in [-0.2, -0.15) is 5.10 Å². The Hall–Kier alpha value is -6.30.